The quantitative estimate of drug-likeness (QED) is 0.475. The molecule has 1 heterocycles. The number of ether oxygens (including phenoxy) is 1. The number of alkyl halides is 1. The number of hydrogen-bond donors (Lipinski definition) is 3. The van der Waals surface area contributed by atoms with Gasteiger partial charge in [-0.25, -0.2) is 5.43 Å². The van der Waals surface area contributed by atoms with E-state index in [2.05, 4.69) is 45.9 Å². The molecular weight excluding hydrogens is 410 g/mol. The molecule has 1 aromatic rings. The number of benzene rings is 1. The molecule has 1 aromatic carbocycles. The van der Waals surface area contributed by atoms with E-state index in [1.54, 1.807) is 18.2 Å². The molecule has 0 aromatic heterocycles. The highest BCUT2D eigenvalue weighted by molar-refractivity contribution is 9.09. The Kier molecular flexibility index (Phi) is 7.25. The zero-order valence-electron chi connectivity index (χ0n) is 14.4. The van der Waals surface area contributed by atoms with Gasteiger partial charge in [-0.2, -0.15) is 0 Å². The van der Waals surface area contributed by atoms with Gasteiger partial charge < -0.3 is 10.1 Å². The number of rotatable bonds is 6. The summed E-state index contributed by atoms with van der Waals surface area (Å²) in [5.41, 5.74) is 6.84. The van der Waals surface area contributed by atoms with E-state index in [1.165, 1.54) is 7.11 Å². The van der Waals surface area contributed by atoms with Gasteiger partial charge in [0.25, 0.3) is 0 Å². The average Bonchev–Trinajstić information content (AvgIpc) is 2.96. The number of hydrazine groups is 1. The molecule has 1 aliphatic heterocycles. The highest BCUT2D eigenvalue weighted by atomic mass is 79.9. The number of halogens is 2. The van der Waals surface area contributed by atoms with Crippen molar-refractivity contribution in [3.05, 3.63) is 34.9 Å². The smallest absolute Gasteiger partial charge is 0.307 e. The number of nitrogens with one attached hydrogen (secondary N) is 3. The zero-order valence-corrected chi connectivity index (χ0v) is 16.7. The predicted octanol–water partition coefficient (Wildman–Crippen LogP) is 2.32. The van der Waals surface area contributed by atoms with E-state index in [9.17, 15) is 9.59 Å². The SMILES string of the molecule is COC(=O)CC(NC(=O)C1NNC(C(C)C)C1Br)c1ccccc1Cl. The van der Waals surface area contributed by atoms with E-state index in [4.69, 9.17) is 16.3 Å². The van der Waals surface area contributed by atoms with Crippen molar-refractivity contribution in [3.63, 3.8) is 0 Å². The average molecular weight is 433 g/mol. The predicted molar refractivity (Wildman–Crippen MR) is 100 cm³/mol. The summed E-state index contributed by atoms with van der Waals surface area (Å²) in [6.45, 7) is 4.16. The van der Waals surface area contributed by atoms with E-state index < -0.39 is 18.1 Å². The molecule has 8 heteroatoms. The van der Waals surface area contributed by atoms with E-state index in [0.717, 1.165) is 0 Å². The summed E-state index contributed by atoms with van der Waals surface area (Å²) in [5, 5.41) is 3.40. The van der Waals surface area contributed by atoms with Crippen LogP contribution < -0.4 is 16.2 Å². The lowest BCUT2D eigenvalue weighted by molar-refractivity contribution is -0.141. The molecule has 0 radical (unpaired) electrons. The Labute approximate surface area is 161 Å². The fourth-order valence-electron chi connectivity index (χ4n) is 2.81. The van der Waals surface area contributed by atoms with Gasteiger partial charge in [-0.1, -0.05) is 59.6 Å². The Hall–Kier alpha value is -1.15. The minimum atomic E-state index is -0.562. The maximum atomic E-state index is 12.7. The van der Waals surface area contributed by atoms with Gasteiger partial charge >= 0.3 is 5.97 Å². The first kappa shape index (κ1) is 20.2. The lowest BCUT2D eigenvalue weighted by Crippen LogP contribution is -2.47. The summed E-state index contributed by atoms with van der Waals surface area (Å²) < 4.78 is 4.75. The van der Waals surface area contributed by atoms with E-state index in [-0.39, 0.29) is 23.2 Å². The monoisotopic (exact) mass is 431 g/mol. The van der Waals surface area contributed by atoms with Crippen LogP contribution in [0.1, 0.15) is 31.9 Å². The Balaban J connectivity index is 2.15. The molecule has 0 spiro atoms. The van der Waals surface area contributed by atoms with Gasteiger partial charge in [-0.15, -0.1) is 0 Å². The Bertz CT molecular complexity index is 629. The lowest BCUT2D eigenvalue weighted by atomic mass is 9.98. The molecule has 6 nitrogen and oxygen atoms in total. The second kappa shape index (κ2) is 8.98. The molecule has 4 unspecified atom stereocenters. The van der Waals surface area contributed by atoms with Crippen molar-refractivity contribution in [2.24, 2.45) is 5.92 Å². The summed E-state index contributed by atoms with van der Waals surface area (Å²) in [6.07, 6.45) is 0.00663. The topological polar surface area (TPSA) is 79.5 Å². The van der Waals surface area contributed by atoms with Crippen LogP contribution in [-0.4, -0.2) is 35.9 Å². The minimum absolute atomic E-state index is 0.00663. The highest BCUT2D eigenvalue weighted by Crippen LogP contribution is 2.27. The number of esters is 1. The summed E-state index contributed by atoms with van der Waals surface area (Å²) in [4.78, 5) is 24.4. The number of carbonyl (C=O) groups excluding carboxylic acids is 2. The van der Waals surface area contributed by atoms with Crippen LogP contribution >= 0.6 is 27.5 Å². The lowest BCUT2D eigenvalue weighted by Gasteiger charge is -2.23. The van der Waals surface area contributed by atoms with Gasteiger partial charge in [-0.3, -0.25) is 15.0 Å². The van der Waals surface area contributed by atoms with Crippen LogP contribution in [0.4, 0.5) is 0 Å². The van der Waals surface area contributed by atoms with Gasteiger partial charge in [0.2, 0.25) is 5.91 Å². The van der Waals surface area contributed by atoms with Gasteiger partial charge in [0.05, 0.1) is 24.4 Å². The van der Waals surface area contributed by atoms with Gasteiger partial charge in [0, 0.05) is 11.1 Å². The van der Waals surface area contributed by atoms with Crippen molar-refractivity contribution >= 4 is 39.4 Å². The van der Waals surface area contributed by atoms with E-state index in [0.29, 0.717) is 16.5 Å². The third-order valence-corrected chi connectivity index (χ3v) is 5.71. The molecule has 1 amide bonds. The molecule has 2 rings (SSSR count). The molecule has 0 aliphatic carbocycles. The first-order chi connectivity index (χ1) is 11.8. The number of hydrogen-bond acceptors (Lipinski definition) is 5. The molecule has 0 saturated carbocycles. The third kappa shape index (κ3) is 4.94. The van der Waals surface area contributed by atoms with Crippen LogP contribution in [0.2, 0.25) is 5.02 Å². The van der Waals surface area contributed by atoms with Crippen LogP contribution in [0.25, 0.3) is 0 Å². The molecule has 1 aliphatic rings. The number of carbonyl (C=O) groups is 2. The zero-order chi connectivity index (χ0) is 18.6. The molecule has 25 heavy (non-hydrogen) atoms. The fraction of sp³-hybridized carbons (Fsp3) is 0.529. The Morgan fingerprint density at radius 2 is 2.00 bits per heavy atom. The highest BCUT2D eigenvalue weighted by Gasteiger charge is 2.40. The summed E-state index contributed by atoms with van der Waals surface area (Å²) in [6, 6.07) is 6.23. The molecular formula is C17H23BrClN3O3. The van der Waals surface area contributed by atoms with Crippen molar-refractivity contribution in [1.29, 1.82) is 0 Å². The number of methoxy groups -OCH3 is 1. The summed E-state index contributed by atoms with van der Waals surface area (Å²) in [7, 11) is 1.32. The Morgan fingerprint density at radius 1 is 1.32 bits per heavy atom. The van der Waals surface area contributed by atoms with Gasteiger partial charge in [0.15, 0.2) is 0 Å². The van der Waals surface area contributed by atoms with Crippen LogP contribution in [0.5, 0.6) is 0 Å². The normalized spacial score (nSPS) is 24.2. The second-order valence-electron chi connectivity index (χ2n) is 6.34. The molecule has 4 atom stereocenters. The van der Waals surface area contributed by atoms with E-state index in [1.807, 2.05) is 6.07 Å². The van der Waals surface area contributed by atoms with Gasteiger partial charge in [-0.05, 0) is 17.5 Å². The van der Waals surface area contributed by atoms with Crippen molar-refractivity contribution in [3.8, 4) is 0 Å². The summed E-state index contributed by atoms with van der Waals surface area (Å²) >= 11 is 9.84. The van der Waals surface area contributed by atoms with Crippen molar-refractivity contribution in [1.82, 2.24) is 16.2 Å². The van der Waals surface area contributed by atoms with Crippen molar-refractivity contribution in [2.45, 2.75) is 43.2 Å². The molecule has 1 fully saturated rings. The minimum Gasteiger partial charge on any atom is -0.469 e. The van der Waals surface area contributed by atoms with E-state index >= 15 is 0 Å². The second-order valence-corrected chi connectivity index (χ2v) is 7.81. The summed E-state index contributed by atoms with van der Waals surface area (Å²) in [5.74, 6) is -0.284. The largest absolute Gasteiger partial charge is 0.469 e. The maximum Gasteiger partial charge on any atom is 0.307 e. The molecule has 3 N–H and O–H groups in total. The number of amides is 1. The van der Waals surface area contributed by atoms with Crippen LogP contribution in [0.15, 0.2) is 24.3 Å². The maximum absolute atomic E-state index is 12.7. The van der Waals surface area contributed by atoms with Crippen molar-refractivity contribution < 1.29 is 14.3 Å². The standard InChI is InChI=1S/C17H23BrClN3O3/c1-9(2)15-14(18)16(22-21-15)17(24)20-12(8-13(23)25-3)10-6-4-5-7-11(10)19/h4-7,9,12,14-16,21-22H,8H2,1-3H3,(H,20,24). The third-order valence-electron chi connectivity index (χ3n) is 4.26. The van der Waals surface area contributed by atoms with Crippen molar-refractivity contribution in [2.75, 3.05) is 7.11 Å². The van der Waals surface area contributed by atoms with Crippen LogP contribution in [0.3, 0.4) is 0 Å². The molecule has 138 valence electrons. The van der Waals surface area contributed by atoms with Crippen LogP contribution in [-0.2, 0) is 14.3 Å². The first-order valence-corrected chi connectivity index (χ1v) is 9.41. The molecule has 1 saturated heterocycles. The van der Waals surface area contributed by atoms with Gasteiger partial charge in [0.1, 0.15) is 6.04 Å². The molecule has 0 bridgehead atoms. The fourth-order valence-corrected chi connectivity index (χ4v) is 4.19. The van der Waals surface area contributed by atoms with Crippen LogP contribution in [0, 0.1) is 5.92 Å². The Morgan fingerprint density at radius 3 is 2.56 bits per heavy atom. The first-order valence-electron chi connectivity index (χ1n) is 8.12.